The van der Waals surface area contributed by atoms with E-state index in [1.165, 1.54) is 5.56 Å². The van der Waals surface area contributed by atoms with E-state index < -0.39 is 0 Å². The topological polar surface area (TPSA) is 21.3 Å². The molecule has 1 N–H and O–H groups in total. The molecule has 3 heteroatoms. The molecule has 0 fully saturated rings. The Bertz CT molecular complexity index is 363. The lowest BCUT2D eigenvalue weighted by atomic mass is 9.85. The van der Waals surface area contributed by atoms with Crippen LogP contribution < -0.4 is 10.1 Å². The molecule has 1 aromatic carbocycles. The number of ether oxygens (including phenoxy) is 1. The van der Waals surface area contributed by atoms with E-state index in [2.05, 4.69) is 54.2 Å². The van der Waals surface area contributed by atoms with Gasteiger partial charge in [0.1, 0.15) is 5.75 Å². The highest BCUT2D eigenvalue weighted by molar-refractivity contribution is 9.10. The number of hydrogen-bond acceptors (Lipinski definition) is 2. The van der Waals surface area contributed by atoms with Gasteiger partial charge >= 0.3 is 0 Å². The molecule has 0 saturated carbocycles. The molecule has 0 heterocycles. The van der Waals surface area contributed by atoms with Crippen LogP contribution in [0.1, 0.15) is 26.3 Å². The molecule has 0 unspecified atom stereocenters. The average Bonchev–Trinajstić information content (AvgIpc) is 2.26. The Morgan fingerprint density at radius 2 is 2.06 bits per heavy atom. The van der Waals surface area contributed by atoms with Gasteiger partial charge in [-0.05, 0) is 52.0 Å². The van der Waals surface area contributed by atoms with Crippen LogP contribution in [0.25, 0.3) is 0 Å². The minimum absolute atomic E-state index is 0.268. The monoisotopic (exact) mass is 299 g/mol. The Hall–Kier alpha value is -0.540. The van der Waals surface area contributed by atoms with Crippen molar-refractivity contribution in [1.82, 2.24) is 5.32 Å². The van der Waals surface area contributed by atoms with Crippen LogP contribution in [0.2, 0.25) is 0 Å². The van der Waals surface area contributed by atoms with Gasteiger partial charge in [0.2, 0.25) is 0 Å². The van der Waals surface area contributed by atoms with Gasteiger partial charge in [0.15, 0.2) is 0 Å². The van der Waals surface area contributed by atoms with Crippen molar-refractivity contribution in [3.05, 3.63) is 28.2 Å². The zero-order valence-corrected chi connectivity index (χ0v) is 12.7. The predicted octanol–water partition coefficient (Wildman–Crippen LogP) is 3.64. The Morgan fingerprint density at radius 1 is 1.35 bits per heavy atom. The molecule has 0 atom stereocenters. The van der Waals surface area contributed by atoms with Crippen LogP contribution in [0.3, 0.4) is 0 Å². The van der Waals surface area contributed by atoms with Crippen molar-refractivity contribution in [2.75, 3.05) is 20.2 Å². The van der Waals surface area contributed by atoms with Crippen LogP contribution in [0, 0.1) is 5.41 Å². The van der Waals surface area contributed by atoms with Crippen LogP contribution in [0.5, 0.6) is 5.75 Å². The number of rotatable bonds is 6. The molecule has 0 radical (unpaired) electrons. The summed E-state index contributed by atoms with van der Waals surface area (Å²) in [6.45, 7) is 8.77. The number of hydrogen-bond donors (Lipinski definition) is 1. The first-order valence-corrected chi connectivity index (χ1v) is 6.81. The van der Waals surface area contributed by atoms with E-state index in [9.17, 15) is 0 Å². The fourth-order valence-corrected chi connectivity index (χ4v) is 2.49. The first-order chi connectivity index (χ1) is 7.98. The van der Waals surface area contributed by atoms with E-state index in [-0.39, 0.29) is 5.41 Å². The maximum absolute atomic E-state index is 5.24. The van der Waals surface area contributed by atoms with Crippen molar-refractivity contribution in [2.45, 2.75) is 27.2 Å². The smallest absolute Gasteiger partial charge is 0.133 e. The first-order valence-electron chi connectivity index (χ1n) is 6.01. The summed E-state index contributed by atoms with van der Waals surface area (Å²) >= 11 is 3.53. The fraction of sp³-hybridized carbons (Fsp3) is 0.571. The quantitative estimate of drug-likeness (QED) is 0.866. The molecule has 0 spiro atoms. The second kappa shape index (κ2) is 6.41. The lowest BCUT2D eigenvalue weighted by molar-refractivity contribution is 0.341. The highest BCUT2D eigenvalue weighted by Crippen LogP contribution is 2.28. The summed E-state index contributed by atoms with van der Waals surface area (Å²) in [5.41, 5.74) is 1.60. The highest BCUT2D eigenvalue weighted by atomic mass is 79.9. The van der Waals surface area contributed by atoms with E-state index in [1.54, 1.807) is 7.11 Å². The third-order valence-electron chi connectivity index (χ3n) is 2.75. The summed E-state index contributed by atoms with van der Waals surface area (Å²) in [5.74, 6) is 0.887. The molecule has 0 amide bonds. The van der Waals surface area contributed by atoms with Gasteiger partial charge in [0.25, 0.3) is 0 Å². The highest BCUT2D eigenvalue weighted by Gasteiger charge is 2.18. The molecular formula is C14H22BrNO. The van der Waals surface area contributed by atoms with E-state index in [4.69, 9.17) is 4.74 Å². The summed E-state index contributed by atoms with van der Waals surface area (Å²) in [4.78, 5) is 0. The number of methoxy groups -OCH3 is 1. The standard InChI is InChI=1S/C14H22BrNO/c1-5-16-10-14(2,3)9-11-6-7-13(17-4)12(15)8-11/h6-8,16H,5,9-10H2,1-4H3. The SMILES string of the molecule is CCNCC(C)(C)Cc1ccc(OC)c(Br)c1. The molecule has 0 bridgehead atoms. The largest absolute Gasteiger partial charge is 0.496 e. The molecule has 0 saturated heterocycles. The van der Waals surface area contributed by atoms with Crippen molar-refractivity contribution in [1.29, 1.82) is 0 Å². The molecule has 0 aromatic heterocycles. The Kier molecular flexibility index (Phi) is 5.47. The Balaban J connectivity index is 2.71. The van der Waals surface area contributed by atoms with Gasteiger partial charge in [-0.15, -0.1) is 0 Å². The second-order valence-electron chi connectivity index (χ2n) is 5.09. The number of benzene rings is 1. The second-order valence-corrected chi connectivity index (χ2v) is 5.94. The summed E-state index contributed by atoms with van der Waals surface area (Å²) in [5, 5.41) is 3.41. The molecular weight excluding hydrogens is 278 g/mol. The minimum atomic E-state index is 0.268. The van der Waals surface area contributed by atoms with Gasteiger partial charge in [-0.1, -0.05) is 26.8 Å². The molecule has 2 nitrogen and oxygen atoms in total. The van der Waals surface area contributed by atoms with Gasteiger partial charge in [0.05, 0.1) is 11.6 Å². The maximum atomic E-state index is 5.24. The van der Waals surface area contributed by atoms with E-state index in [1.807, 2.05) is 6.07 Å². The molecule has 96 valence electrons. The normalized spacial score (nSPS) is 11.6. The van der Waals surface area contributed by atoms with Crippen molar-refractivity contribution in [2.24, 2.45) is 5.41 Å². The molecule has 1 rings (SSSR count). The van der Waals surface area contributed by atoms with Crippen LogP contribution in [0.15, 0.2) is 22.7 Å². The van der Waals surface area contributed by atoms with Crippen LogP contribution in [0.4, 0.5) is 0 Å². The first kappa shape index (κ1) is 14.5. The number of halogens is 1. The van der Waals surface area contributed by atoms with Crippen LogP contribution >= 0.6 is 15.9 Å². The van der Waals surface area contributed by atoms with Crippen molar-refractivity contribution in [3.63, 3.8) is 0 Å². The van der Waals surface area contributed by atoms with Gasteiger partial charge in [-0.2, -0.15) is 0 Å². The Morgan fingerprint density at radius 3 is 2.59 bits per heavy atom. The van der Waals surface area contributed by atoms with Crippen molar-refractivity contribution in [3.8, 4) is 5.75 Å². The van der Waals surface area contributed by atoms with E-state index in [0.717, 1.165) is 29.7 Å². The molecule has 0 aliphatic heterocycles. The fourth-order valence-electron chi connectivity index (χ4n) is 1.90. The van der Waals surface area contributed by atoms with E-state index in [0.29, 0.717) is 0 Å². The van der Waals surface area contributed by atoms with Gasteiger partial charge < -0.3 is 10.1 Å². The van der Waals surface area contributed by atoms with Crippen molar-refractivity contribution < 1.29 is 4.74 Å². The lowest BCUT2D eigenvalue weighted by Crippen LogP contribution is -2.31. The molecule has 17 heavy (non-hydrogen) atoms. The maximum Gasteiger partial charge on any atom is 0.133 e. The summed E-state index contributed by atoms with van der Waals surface area (Å²) in [7, 11) is 1.69. The number of nitrogens with one attached hydrogen (secondary N) is 1. The van der Waals surface area contributed by atoms with Crippen molar-refractivity contribution >= 4 is 15.9 Å². The van der Waals surface area contributed by atoms with E-state index >= 15 is 0 Å². The minimum Gasteiger partial charge on any atom is -0.496 e. The average molecular weight is 300 g/mol. The Labute approximate surface area is 113 Å². The molecule has 0 aliphatic carbocycles. The zero-order valence-electron chi connectivity index (χ0n) is 11.1. The molecule has 0 aliphatic rings. The van der Waals surface area contributed by atoms with Crippen LogP contribution in [-0.4, -0.2) is 20.2 Å². The zero-order chi connectivity index (χ0) is 12.9. The molecule has 1 aromatic rings. The third-order valence-corrected chi connectivity index (χ3v) is 3.37. The lowest BCUT2D eigenvalue weighted by Gasteiger charge is -2.25. The summed E-state index contributed by atoms with van der Waals surface area (Å²) < 4.78 is 6.26. The van der Waals surface area contributed by atoms with Crippen LogP contribution in [-0.2, 0) is 6.42 Å². The summed E-state index contributed by atoms with van der Waals surface area (Å²) in [6, 6.07) is 6.30. The van der Waals surface area contributed by atoms with Gasteiger partial charge in [-0.25, -0.2) is 0 Å². The third kappa shape index (κ3) is 4.68. The predicted molar refractivity (Wildman–Crippen MR) is 76.7 cm³/mol. The summed E-state index contributed by atoms with van der Waals surface area (Å²) in [6.07, 6.45) is 1.06. The van der Waals surface area contributed by atoms with Gasteiger partial charge in [-0.3, -0.25) is 0 Å². The van der Waals surface area contributed by atoms with Gasteiger partial charge in [0, 0.05) is 6.54 Å².